The van der Waals surface area contributed by atoms with Crippen LogP contribution in [0.5, 0.6) is 0 Å². The summed E-state index contributed by atoms with van der Waals surface area (Å²) in [4.78, 5) is 2.55. The first-order valence-corrected chi connectivity index (χ1v) is 7.39. The molecule has 2 rings (SSSR count). The molecule has 3 heteroatoms. The van der Waals surface area contributed by atoms with Gasteiger partial charge in [0.1, 0.15) is 0 Å². The molecule has 2 unspecified atom stereocenters. The van der Waals surface area contributed by atoms with E-state index < -0.39 is 0 Å². The van der Waals surface area contributed by atoms with E-state index in [1.165, 1.54) is 19.3 Å². The summed E-state index contributed by atoms with van der Waals surface area (Å²) < 4.78 is 5.78. The first-order chi connectivity index (χ1) is 8.27. The van der Waals surface area contributed by atoms with Gasteiger partial charge in [-0.1, -0.05) is 13.8 Å². The maximum Gasteiger partial charge on any atom is 0.0753 e. The maximum atomic E-state index is 6.33. The highest BCUT2D eigenvalue weighted by atomic mass is 16.5. The fraction of sp³-hybridized carbons (Fsp3) is 1.00. The van der Waals surface area contributed by atoms with Crippen molar-refractivity contribution in [1.29, 1.82) is 0 Å². The minimum atomic E-state index is 0.00648. The molecule has 0 spiro atoms. The summed E-state index contributed by atoms with van der Waals surface area (Å²) in [5, 5.41) is 0. The van der Waals surface area contributed by atoms with Crippen LogP contribution in [0.3, 0.4) is 0 Å². The summed E-state index contributed by atoms with van der Waals surface area (Å²) in [6, 6.07) is 0.393. The molecule has 0 aromatic heterocycles. The van der Waals surface area contributed by atoms with Crippen LogP contribution in [0.1, 0.15) is 47.0 Å². The zero-order valence-corrected chi connectivity index (χ0v) is 12.5. The molecule has 0 amide bonds. The molecule has 0 bridgehead atoms. The summed E-state index contributed by atoms with van der Waals surface area (Å²) in [7, 11) is 0. The summed E-state index contributed by atoms with van der Waals surface area (Å²) in [5.41, 5.74) is 6.81. The van der Waals surface area contributed by atoms with E-state index in [0.29, 0.717) is 17.4 Å². The van der Waals surface area contributed by atoms with E-state index in [1.807, 2.05) is 0 Å². The van der Waals surface area contributed by atoms with Crippen molar-refractivity contribution in [3.05, 3.63) is 0 Å². The van der Waals surface area contributed by atoms with Crippen molar-refractivity contribution in [2.75, 3.05) is 26.2 Å². The molecule has 18 heavy (non-hydrogen) atoms. The van der Waals surface area contributed by atoms with Crippen molar-refractivity contribution in [2.45, 2.75) is 58.6 Å². The van der Waals surface area contributed by atoms with E-state index in [0.717, 1.165) is 26.2 Å². The van der Waals surface area contributed by atoms with E-state index in [9.17, 15) is 0 Å². The smallest absolute Gasteiger partial charge is 0.0753 e. The monoisotopic (exact) mass is 254 g/mol. The number of morpholine rings is 1. The molecule has 0 aromatic carbocycles. The van der Waals surface area contributed by atoms with E-state index in [2.05, 4.69) is 32.6 Å². The van der Waals surface area contributed by atoms with Gasteiger partial charge in [-0.3, -0.25) is 4.90 Å². The zero-order chi connectivity index (χ0) is 13.4. The SMILES string of the molecule is CC1(C)CCC(N)C(CN2CCOC(C)(C)C2)C1. The van der Waals surface area contributed by atoms with Crippen LogP contribution in [-0.4, -0.2) is 42.8 Å². The lowest BCUT2D eigenvalue weighted by atomic mass is 9.70. The van der Waals surface area contributed by atoms with Gasteiger partial charge >= 0.3 is 0 Å². The Bertz CT molecular complexity index is 288. The van der Waals surface area contributed by atoms with Crippen molar-refractivity contribution < 1.29 is 4.74 Å². The molecule has 1 aliphatic heterocycles. The highest BCUT2D eigenvalue weighted by Crippen LogP contribution is 2.38. The van der Waals surface area contributed by atoms with Crippen LogP contribution < -0.4 is 5.73 Å². The number of hydrogen-bond donors (Lipinski definition) is 1. The van der Waals surface area contributed by atoms with Crippen LogP contribution >= 0.6 is 0 Å². The normalized spacial score (nSPS) is 36.5. The van der Waals surface area contributed by atoms with Gasteiger partial charge in [0.25, 0.3) is 0 Å². The van der Waals surface area contributed by atoms with Crippen LogP contribution in [0.15, 0.2) is 0 Å². The Kier molecular flexibility index (Phi) is 4.05. The summed E-state index contributed by atoms with van der Waals surface area (Å²) in [5.74, 6) is 0.655. The summed E-state index contributed by atoms with van der Waals surface area (Å²) >= 11 is 0. The van der Waals surface area contributed by atoms with Gasteiger partial charge in [0.2, 0.25) is 0 Å². The maximum absolute atomic E-state index is 6.33. The number of nitrogens with two attached hydrogens (primary N) is 1. The predicted molar refractivity (Wildman–Crippen MR) is 75.6 cm³/mol. The van der Waals surface area contributed by atoms with Gasteiger partial charge in [-0.05, 0) is 44.4 Å². The molecular formula is C15H30N2O. The van der Waals surface area contributed by atoms with Gasteiger partial charge < -0.3 is 10.5 Å². The van der Waals surface area contributed by atoms with Crippen LogP contribution in [-0.2, 0) is 4.74 Å². The Morgan fingerprint density at radius 1 is 1.28 bits per heavy atom. The number of rotatable bonds is 2. The highest BCUT2D eigenvalue weighted by molar-refractivity contribution is 4.90. The molecular weight excluding hydrogens is 224 g/mol. The molecule has 0 aromatic rings. The molecule has 1 heterocycles. The van der Waals surface area contributed by atoms with Crippen molar-refractivity contribution in [3.63, 3.8) is 0 Å². The summed E-state index contributed by atoms with van der Waals surface area (Å²) in [6.45, 7) is 13.2. The fourth-order valence-electron chi connectivity index (χ4n) is 3.56. The van der Waals surface area contributed by atoms with E-state index in [1.54, 1.807) is 0 Å². The van der Waals surface area contributed by atoms with Gasteiger partial charge in [-0.2, -0.15) is 0 Å². The second-order valence-electron chi connectivity index (χ2n) is 7.67. The molecule has 2 N–H and O–H groups in total. The average molecular weight is 254 g/mol. The predicted octanol–water partition coefficient (Wildman–Crippen LogP) is 2.25. The lowest BCUT2D eigenvalue weighted by molar-refractivity contribution is -0.0917. The molecule has 1 aliphatic carbocycles. The molecule has 2 fully saturated rings. The van der Waals surface area contributed by atoms with Crippen LogP contribution in [0.2, 0.25) is 0 Å². The largest absolute Gasteiger partial charge is 0.373 e. The third-order valence-corrected chi connectivity index (χ3v) is 4.57. The van der Waals surface area contributed by atoms with Crippen LogP contribution in [0, 0.1) is 11.3 Å². The Labute approximate surface area is 112 Å². The Morgan fingerprint density at radius 2 is 2.00 bits per heavy atom. The Morgan fingerprint density at radius 3 is 2.67 bits per heavy atom. The first kappa shape index (κ1) is 14.3. The van der Waals surface area contributed by atoms with Gasteiger partial charge in [-0.15, -0.1) is 0 Å². The van der Waals surface area contributed by atoms with Crippen molar-refractivity contribution in [3.8, 4) is 0 Å². The minimum absolute atomic E-state index is 0.00648. The van der Waals surface area contributed by atoms with Crippen molar-refractivity contribution in [1.82, 2.24) is 4.90 Å². The molecule has 0 radical (unpaired) electrons. The van der Waals surface area contributed by atoms with E-state index in [4.69, 9.17) is 10.5 Å². The molecule has 3 nitrogen and oxygen atoms in total. The third-order valence-electron chi connectivity index (χ3n) is 4.57. The second-order valence-corrected chi connectivity index (χ2v) is 7.67. The van der Waals surface area contributed by atoms with E-state index >= 15 is 0 Å². The third kappa shape index (κ3) is 3.69. The lowest BCUT2D eigenvalue weighted by Gasteiger charge is -2.44. The standard InChI is InChI=1S/C15H30N2O/c1-14(2)6-5-13(16)12(9-14)10-17-7-8-18-15(3,4)11-17/h12-13H,5-11,16H2,1-4H3. The summed E-state index contributed by atoms with van der Waals surface area (Å²) in [6.07, 6.45) is 3.73. The molecule has 1 saturated carbocycles. The number of hydrogen-bond acceptors (Lipinski definition) is 3. The average Bonchev–Trinajstić information content (AvgIpc) is 2.22. The second kappa shape index (κ2) is 5.10. The van der Waals surface area contributed by atoms with Gasteiger partial charge in [0, 0.05) is 25.7 Å². The molecule has 1 saturated heterocycles. The highest BCUT2D eigenvalue weighted by Gasteiger charge is 2.35. The van der Waals surface area contributed by atoms with Crippen molar-refractivity contribution >= 4 is 0 Å². The molecule has 2 aliphatic rings. The van der Waals surface area contributed by atoms with Gasteiger partial charge in [0.05, 0.1) is 12.2 Å². The fourth-order valence-corrected chi connectivity index (χ4v) is 3.56. The quantitative estimate of drug-likeness (QED) is 0.821. The first-order valence-electron chi connectivity index (χ1n) is 7.39. The number of ether oxygens (including phenoxy) is 1. The van der Waals surface area contributed by atoms with Gasteiger partial charge in [-0.25, -0.2) is 0 Å². The van der Waals surface area contributed by atoms with Crippen LogP contribution in [0.25, 0.3) is 0 Å². The topological polar surface area (TPSA) is 38.5 Å². The zero-order valence-electron chi connectivity index (χ0n) is 12.5. The molecule has 106 valence electrons. The van der Waals surface area contributed by atoms with Gasteiger partial charge in [0.15, 0.2) is 0 Å². The molecule has 2 atom stereocenters. The Balaban J connectivity index is 1.91. The lowest BCUT2D eigenvalue weighted by Crippen LogP contribution is -2.52. The van der Waals surface area contributed by atoms with Crippen LogP contribution in [0.4, 0.5) is 0 Å². The minimum Gasteiger partial charge on any atom is -0.373 e. The Hall–Kier alpha value is -0.120. The number of nitrogens with zero attached hydrogens (tertiary/aromatic N) is 1. The van der Waals surface area contributed by atoms with Crippen molar-refractivity contribution in [2.24, 2.45) is 17.1 Å². The van der Waals surface area contributed by atoms with E-state index in [-0.39, 0.29) is 5.60 Å².